The number of rotatable bonds is 10. The molecule has 0 atom stereocenters. The van der Waals surface area contributed by atoms with Crippen LogP contribution < -0.4 is 77.1 Å². The van der Waals surface area contributed by atoms with Crippen molar-refractivity contribution in [1.29, 1.82) is 0 Å². The molecule has 2 heterocycles. The Morgan fingerprint density at radius 2 is 0.796 bits per heavy atom. The largest absolute Gasteiger partial charge is 1.00 e. The topological polar surface area (TPSA) is 31.8 Å². The van der Waals surface area contributed by atoms with Gasteiger partial charge >= 0.3 is 11.6 Å². The van der Waals surface area contributed by atoms with Gasteiger partial charge in [-0.15, -0.1) is 0 Å². The Balaban J connectivity index is -0.00000353. The predicted molar refractivity (Wildman–Crippen MR) is 187 cm³/mol. The summed E-state index contributed by atoms with van der Waals surface area (Å²) in [7, 11) is 0. The van der Waals surface area contributed by atoms with E-state index in [9.17, 15) is 0 Å². The van der Waals surface area contributed by atoms with Crippen LogP contribution >= 0.6 is 0 Å². The van der Waals surface area contributed by atoms with Crippen LogP contribution in [0.15, 0.2) is 73.1 Å². The van der Waals surface area contributed by atoms with E-state index in [4.69, 9.17) is 9.97 Å². The fourth-order valence-electron chi connectivity index (χ4n) is 5.99. The van der Waals surface area contributed by atoms with Gasteiger partial charge in [-0.2, -0.15) is 0 Å². The van der Waals surface area contributed by atoms with Crippen molar-refractivity contribution >= 4 is 35.4 Å². The van der Waals surface area contributed by atoms with Gasteiger partial charge in [-0.05, 0) is 77.2 Å². The summed E-state index contributed by atoms with van der Waals surface area (Å²) >= 11 is 0. The van der Waals surface area contributed by atoms with E-state index >= 15 is 0 Å². The molecule has 4 nitrogen and oxygen atoms in total. The second-order valence-electron chi connectivity index (χ2n) is 12.7. The molecule has 4 aromatic rings. The minimum atomic E-state index is 0. The molecule has 0 saturated carbocycles. The predicted octanol–water partition coefficient (Wildman–Crippen LogP) is -1.58. The molecule has 2 aromatic carbocycles. The number of halogens is 4. The number of pyridine rings is 2. The maximum atomic E-state index is 4.70. The molecule has 0 N–H and O–H groups in total. The Hall–Kier alpha value is -0.961. The summed E-state index contributed by atoms with van der Waals surface area (Å²) in [6, 6.07) is 22.0. The first-order valence-electron chi connectivity index (χ1n) is 15.9. The third kappa shape index (κ3) is 12.6. The molecule has 0 spiro atoms. The maximum absolute atomic E-state index is 4.70. The van der Waals surface area contributed by atoms with Gasteiger partial charge in [0.25, 0.3) is 0 Å². The van der Waals surface area contributed by atoms with Crippen molar-refractivity contribution in [2.45, 2.75) is 99.3 Å². The van der Waals surface area contributed by atoms with Gasteiger partial charge in [-0.1, -0.05) is 91.8 Å². The average Bonchev–Trinajstić information content (AvgIpc) is 2.99. The molecule has 0 saturated heterocycles. The zero-order valence-corrected chi connectivity index (χ0v) is 38.2. The van der Waals surface area contributed by atoms with Crippen molar-refractivity contribution < 1.29 is 102 Å². The number of hydrogen-bond acceptors (Lipinski definition) is 2. The standard InChI is InChI=1S/C39H50N4.4BrH.2Cu/c1-11-42(36-17-13-15-19-40-36)38-32(26(3)4)22-30(23-33(38)27(5)6)21-31-24-34(28(7)8)39(35(25-31)29(9)10)43(12-2)37-18-14-16-20-41-37;;;;;;/h11-20,22-29H,21H2,1-10H3;4*1H;;/q+2;;;;;;/p-4. The quantitative estimate of drug-likeness (QED) is 0.109. The van der Waals surface area contributed by atoms with Crippen LogP contribution in [0, 0.1) is 0 Å². The second kappa shape index (κ2) is 24.3. The molecule has 2 radical (unpaired) electrons. The summed E-state index contributed by atoms with van der Waals surface area (Å²) in [5.74, 6) is 3.36. The molecule has 0 amide bonds. The summed E-state index contributed by atoms with van der Waals surface area (Å²) in [5.41, 5.74) is 10.7. The van der Waals surface area contributed by atoms with E-state index in [1.54, 1.807) is 0 Å². The number of hydrogen-bond donors (Lipinski definition) is 0. The SMILES string of the molecule is CC=[N+](c1ccccn1)c1c(C(C)C)cc(Cc2cc(C(C)C)c([N+](=CC)c3ccccn3)c(C(C)C)c2)cc1C(C)C.[Br-].[Br-].[Br-].[Br-].[Cu].[Cu]. The van der Waals surface area contributed by atoms with Crippen LogP contribution in [0.25, 0.3) is 0 Å². The van der Waals surface area contributed by atoms with Crippen LogP contribution in [0.5, 0.6) is 0 Å². The van der Waals surface area contributed by atoms with E-state index in [2.05, 4.69) is 139 Å². The number of aromatic nitrogens is 2. The van der Waals surface area contributed by atoms with E-state index < -0.39 is 0 Å². The fraction of sp³-hybridized carbons (Fsp3) is 0.385. The van der Waals surface area contributed by atoms with Crippen LogP contribution in [0.4, 0.5) is 23.0 Å². The zero-order valence-electron chi connectivity index (χ0n) is 30.0. The van der Waals surface area contributed by atoms with Gasteiger partial charge < -0.3 is 67.9 Å². The first-order chi connectivity index (χ1) is 20.6. The van der Waals surface area contributed by atoms with Crippen molar-refractivity contribution in [1.82, 2.24) is 19.1 Å². The van der Waals surface area contributed by atoms with Gasteiger partial charge in [0.15, 0.2) is 0 Å². The Kier molecular flexibility index (Phi) is 26.0. The van der Waals surface area contributed by atoms with Crippen molar-refractivity contribution in [2.24, 2.45) is 0 Å². The third-order valence-electron chi connectivity index (χ3n) is 8.14. The molecule has 2 aromatic heterocycles. The molecule has 0 aliphatic rings. The molecule has 0 bridgehead atoms. The van der Waals surface area contributed by atoms with Gasteiger partial charge in [0.2, 0.25) is 0 Å². The molecular weight excluding hydrogens is 971 g/mol. The smallest absolute Gasteiger partial charge is 0.327 e. The first kappa shape index (κ1) is 52.4. The molecule has 0 aliphatic heterocycles. The van der Waals surface area contributed by atoms with Gasteiger partial charge in [-0.3, -0.25) is 0 Å². The molecule has 278 valence electrons. The van der Waals surface area contributed by atoms with E-state index in [1.165, 1.54) is 44.8 Å². The second-order valence-corrected chi connectivity index (χ2v) is 12.7. The summed E-state index contributed by atoms with van der Waals surface area (Å²) in [6.07, 6.45) is 8.93. The van der Waals surface area contributed by atoms with Crippen LogP contribution in [-0.4, -0.2) is 22.4 Å². The molecule has 0 aliphatic carbocycles. The Bertz CT molecular complexity index is 1450. The van der Waals surface area contributed by atoms with Crippen molar-refractivity contribution in [2.75, 3.05) is 0 Å². The van der Waals surface area contributed by atoms with Gasteiger partial charge in [-0.25, -0.2) is 9.15 Å². The molecular formula is C39H50Br4Cu2N4-2. The zero-order chi connectivity index (χ0) is 31.3. The van der Waals surface area contributed by atoms with E-state index in [1.807, 2.05) is 24.5 Å². The fourth-order valence-corrected chi connectivity index (χ4v) is 5.99. The Labute approximate surface area is 359 Å². The van der Waals surface area contributed by atoms with Gasteiger partial charge in [0, 0.05) is 68.5 Å². The summed E-state index contributed by atoms with van der Waals surface area (Å²) < 4.78 is 4.54. The van der Waals surface area contributed by atoms with Crippen molar-refractivity contribution in [3.8, 4) is 0 Å². The minimum Gasteiger partial charge on any atom is -1.00 e. The van der Waals surface area contributed by atoms with Crippen LogP contribution in [0.2, 0.25) is 0 Å². The average molecular weight is 1020 g/mol. The summed E-state index contributed by atoms with van der Waals surface area (Å²) in [4.78, 5) is 9.41. The van der Waals surface area contributed by atoms with Crippen molar-refractivity contribution in [3.05, 3.63) is 106 Å². The summed E-state index contributed by atoms with van der Waals surface area (Å²) in [5, 5.41) is 0. The van der Waals surface area contributed by atoms with Gasteiger partial charge in [0.05, 0.1) is 12.4 Å². The van der Waals surface area contributed by atoms with Crippen molar-refractivity contribution in [3.63, 3.8) is 0 Å². The Morgan fingerprint density at radius 1 is 0.510 bits per heavy atom. The van der Waals surface area contributed by atoms with E-state index in [-0.39, 0.29) is 102 Å². The van der Waals surface area contributed by atoms with Gasteiger partial charge in [0.1, 0.15) is 23.8 Å². The molecule has 4 rings (SSSR count). The molecule has 0 fully saturated rings. The molecule has 0 unspecified atom stereocenters. The Morgan fingerprint density at radius 3 is 1.00 bits per heavy atom. The van der Waals surface area contributed by atoms with Crippen LogP contribution in [0.3, 0.4) is 0 Å². The number of benzene rings is 2. The first-order valence-corrected chi connectivity index (χ1v) is 15.9. The number of nitrogens with zero attached hydrogens (tertiary/aromatic N) is 4. The van der Waals surface area contributed by atoms with E-state index in [0.29, 0.717) is 23.7 Å². The molecule has 49 heavy (non-hydrogen) atoms. The monoisotopic (exact) mass is 1020 g/mol. The van der Waals surface area contributed by atoms with E-state index in [0.717, 1.165) is 18.1 Å². The summed E-state index contributed by atoms with van der Waals surface area (Å²) in [6.45, 7) is 22.6. The third-order valence-corrected chi connectivity index (χ3v) is 8.14. The van der Waals surface area contributed by atoms with Crippen LogP contribution in [0.1, 0.15) is 126 Å². The van der Waals surface area contributed by atoms with Crippen LogP contribution in [-0.2, 0) is 40.6 Å². The molecule has 10 heteroatoms. The minimum absolute atomic E-state index is 0. The normalized spacial score (nSPS) is 11.1. The maximum Gasteiger partial charge on any atom is 0.327 e.